The van der Waals surface area contributed by atoms with Gasteiger partial charge in [0.25, 0.3) is 0 Å². The molecule has 0 saturated heterocycles. The Hall–Kier alpha value is -1.48. The molecule has 0 unspecified atom stereocenters. The molecule has 0 aliphatic carbocycles. The van der Waals surface area contributed by atoms with E-state index in [4.69, 9.17) is 22.1 Å². The van der Waals surface area contributed by atoms with Gasteiger partial charge in [0.15, 0.2) is 0 Å². The quantitative estimate of drug-likeness (QED) is 0.645. The lowest BCUT2D eigenvalue weighted by Gasteiger charge is -2.08. The van der Waals surface area contributed by atoms with Crippen molar-refractivity contribution < 1.29 is 4.74 Å². The molecule has 0 heterocycles. The van der Waals surface area contributed by atoms with Crippen molar-refractivity contribution in [1.82, 2.24) is 0 Å². The molecule has 17 heavy (non-hydrogen) atoms. The molecule has 3 nitrogen and oxygen atoms in total. The number of hydrogen-bond donors (Lipinski definition) is 1. The molecule has 0 saturated carbocycles. The monoisotopic (exact) mass is 252 g/mol. The molecule has 4 heteroatoms. The van der Waals surface area contributed by atoms with Crippen LogP contribution >= 0.6 is 11.6 Å². The normalized spacial score (nSPS) is 12.1. The van der Waals surface area contributed by atoms with Crippen molar-refractivity contribution in [2.75, 3.05) is 19.4 Å². The second-order valence-corrected chi connectivity index (χ2v) is 3.91. The summed E-state index contributed by atoms with van der Waals surface area (Å²) in [5.41, 5.74) is 7.10. The van der Waals surface area contributed by atoms with E-state index in [2.05, 4.69) is 11.9 Å². The first-order valence-electron chi connectivity index (χ1n) is 5.47. The first-order valence-corrected chi connectivity index (χ1v) is 5.85. The van der Waals surface area contributed by atoms with Gasteiger partial charge >= 0.3 is 0 Å². The Morgan fingerprint density at radius 1 is 1.53 bits per heavy atom. The molecule has 2 N–H and O–H groups in total. The molecule has 92 valence electrons. The first kappa shape index (κ1) is 13.6. The lowest BCUT2D eigenvalue weighted by Crippen LogP contribution is -2.09. The molecule has 0 aliphatic heterocycles. The number of aliphatic imine (C=N–C) groups is 1. The van der Waals surface area contributed by atoms with Crippen LogP contribution in [0, 0.1) is 0 Å². The molecule has 1 rings (SSSR count). The maximum Gasteiger partial charge on any atom is 0.138 e. The van der Waals surface area contributed by atoms with E-state index in [0.29, 0.717) is 23.1 Å². The Morgan fingerprint density at radius 2 is 2.29 bits per heavy atom. The van der Waals surface area contributed by atoms with Crippen molar-refractivity contribution in [2.24, 2.45) is 4.99 Å². The fourth-order valence-corrected chi connectivity index (χ4v) is 1.47. The van der Waals surface area contributed by atoms with Gasteiger partial charge in [0.1, 0.15) is 12.4 Å². The third-order valence-electron chi connectivity index (χ3n) is 2.16. The topological polar surface area (TPSA) is 47.6 Å². The number of nitrogens with zero attached hydrogens (tertiary/aromatic N) is 1. The Labute approximate surface area is 107 Å². The average molecular weight is 253 g/mol. The molecule has 1 aromatic rings. The second kappa shape index (κ2) is 6.97. The van der Waals surface area contributed by atoms with E-state index >= 15 is 0 Å². The van der Waals surface area contributed by atoms with Gasteiger partial charge in [-0.1, -0.05) is 24.6 Å². The minimum Gasteiger partial charge on any atom is -0.486 e. The van der Waals surface area contributed by atoms with Crippen LogP contribution in [-0.4, -0.2) is 19.4 Å². The molecule has 0 amide bonds. The van der Waals surface area contributed by atoms with E-state index in [1.807, 2.05) is 12.2 Å². The summed E-state index contributed by atoms with van der Waals surface area (Å²) in [7, 11) is 1.74. The summed E-state index contributed by atoms with van der Waals surface area (Å²) in [5.74, 6) is 0.618. The summed E-state index contributed by atoms with van der Waals surface area (Å²) in [5, 5.41) is 0.514. The number of allylic oxidation sites excluding steroid dienone is 1. The van der Waals surface area contributed by atoms with Crippen molar-refractivity contribution >= 4 is 23.0 Å². The number of benzene rings is 1. The molecule has 0 aliphatic rings. The van der Waals surface area contributed by atoms with Crippen molar-refractivity contribution in [3.63, 3.8) is 0 Å². The third kappa shape index (κ3) is 4.49. The number of nitrogens with two attached hydrogens (primary N) is 1. The van der Waals surface area contributed by atoms with Gasteiger partial charge in [-0.2, -0.15) is 0 Å². The van der Waals surface area contributed by atoms with E-state index < -0.39 is 0 Å². The lowest BCUT2D eigenvalue weighted by molar-refractivity contribution is 0.377. The fraction of sp³-hybridized carbons (Fsp3) is 0.308. The SMILES string of the molecule is CC/C=C\C(COc1ccc(N)cc1Cl)=NC. The zero-order valence-corrected chi connectivity index (χ0v) is 10.9. The zero-order valence-electron chi connectivity index (χ0n) is 10.1. The minimum atomic E-state index is 0.399. The van der Waals surface area contributed by atoms with Crippen LogP contribution in [0.5, 0.6) is 5.75 Å². The van der Waals surface area contributed by atoms with E-state index in [1.165, 1.54) is 0 Å². The van der Waals surface area contributed by atoms with Crippen LogP contribution in [0.15, 0.2) is 35.3 Å². The summed E-state index contributed by atoms with van der Waals surface area (Å²) < 4.78 is 5.57. The van der Waals surface area contributed by atoms with Crippen LogP contribution in [-0.2, 0) is 0 Å². The Morgan fingerprint density at radius 3 is 2.88 bits per heavy atom. The second-order valence-electron chi connectivity index (χ2n) is 3.50. The Kier molecular flexibility index (Phi) is 5.57. The van der Waals surface area contributed by atoms with Crippen molar-refractivity contribution in [3.05, 3.63) is 35.4 Å². The Balaban J connectivity index is 2.63. The molecule has 1 aromatic carbocycles. The summed E-state index contributed by atoms with van der Waals surface area (Å²) in [6, 6.07) is 5.18. The van der Waals surface area contributed by atoms with Crippen LogP contribution in [0.1, 0.15) is 13.3 Å². The Bertz CT molecular complexity index is 427. The zero-order chi connectivity index (χ0) is 12.7. The van der Waals surface area contributed by atoms with Gasteiger partial charge in [0.2, 0.25) is 0 Å². The van der Waals surface area contributed by atoms with Crippen LogP contribution in [0.3, 0.4) is 0 Å². The maximum absolute atomic E-state index is 6.00. The molecule has 0 bridgehead atoms. The van der Waals surface area contributed by atoms with E-state index in [1.54, 1.807) is 25.2 Å². The number of anilines is 1. The van der Waals surface area contributed by atoms with E-state index in [9.17, 15) is 0 Å². The van der Waals surface area contributed by atoms with Gasteiger partial charge in [-0.25, -0.2) is 0 Å². The van der Waals surface area contributed by atoms with E-state index in [0.717, 1.165) is 12.1 Å². The minimum absolute atomic E-state index is 0.399. The molecular weight excluding hydrogens is 236 g/mol. The van der Waals surface area contributed by atoms with Gasteiger partial charge in [0.05, 0.1) is 10.7 Å². The number of rotatable bonds is 5. The number of nitrogen functional groups attached to an aromatic ring is 1. The van der Waals surface area contributed by atoms with Gasteiger partial charge < -0.3 is 10.5 Å². The van der Waals surface area contributed by atoms with Crippen molar-refractivity contribution in [1.29, 1.82) is 0 Å². The van der Waals surface area contributed by atoms with Gasteiger partial charge in [0, 0.05) is 12.7 Å². The smallest absolute Gasteiger partial charge is 0.138 e. The molecular formula is C13H17ClN2O. The van der Waals surface area contributed by atoms with Crippen molar-refractivity contribution in [2.45, 2.75) is 13.3 Å². The predicted octanol–water partition coefficient (Wildman–Crippen LogP) is 3.34. The predicted molar refractivity (Wildman–Crippen MR) is 74.1 cm³/mol. The first-order chi connectivity index (χ1) is 8.17. The average Bonchev–Trinajstić information content (AvgIpc) is 2.31. The van der Waals surface area contributed by atoms with Crippen LogP contribution in [0.2, 0.25) is 5.02 Å². The fourth-order valence-electron chi connectivity index (χ4n) is 1.23. The van der Waals surface area contributed by atoms with Gasteiger partial charge in [-0.3, -0.25) is 4.99 Å². The van der Waals surface area contributed by atoms with Gasteiger partial charge in [-0.15, -0.1) is 0 Å². The van der Waals surface area contributed by atoms with Gasteiger partial charge in [-0.05, 0) is 30.7 Å². The summed E-state index contributed by atoms with van der Waals surface area (Å²) >= 11 is 6.00. The summed E-state index contributed by atoms with van der Waals surface area (Å²) in [4.78, 5) is 4.12. The van der Waals surface area contributed by atoms with Crippen molar-refractivity contribution in [3.8, 4) is 5.75 Å². The van der Waals surface area contributed by atoms with E-state index in [-0.39, 0.29) is 0 Å². The highest BCUT2D eigenvalue weighted by Gasteiger charge is 2.02. The third-order valence-corrected chi connectivity index (χ3v) is 2.46. The molecule has 0 atom stereocenters. The highest BCUT2D eigenvalue weighted by molar-refractivity contribution is 6.32. The lowest BCUT2D eigenvalue weighted by atomic mass is 10.3. The highest BCUT2D eigenvalue weighted by atomic mass is 35.5. The molecule has 0 spiro atoms. The van der Waals surface area contributed by atoms with Crippen LogP contribution < -0.4 is 10.5 Å². The number of hydrogen-bond acceptors (Lipinski definition) is 3. The number of ether oxygens (including phenoxy) is 1. The molecule has 0 fully saturated rings. The number of halogens is 1. The molecule has 0 aromatic heterocycles. The molecule has 0 radical (unpaired) electrons. The van der Waals surface area contributed by atoms with Crippen LogP contribution in [0.4, 0.5) is 5.69 Å². The standard InChI is InChI=1S/C13H17ClN2O/c1-3-4-5-11(16-2)9-17-13-7-6-10(15)8-12(13)14/h4-8H,3,9,15H2,1-2H3/b5-4-,16-11?. The summed E-state index contributed by atoms with van der Waals surface area (Å²) in [6.45, 7) is 2.47. The van der Waals surface area contributed by atoms with Crippen LogP contribution in [0.25, 0.3) is 0 Å². The summed E-state index contributed by atoms with van der Waals surface area (Å²) in [6.07, 6.45) is 4.96. The maximum atomic E-state index is 6.00. The largest absolute Gasteiger partial charge is 0.486 e. The highest BCUT2D eigenvalue weighted by Crippen LogP contribution is 2.26.